The molecule has 0 radical (unpaired) electrons. The maximum absolute atomic E-state index is 5.83. The molecule has 1 aromatic carbocycles. The molecular formula is C13H19NO. The van der Waals surface area contributed by atoms with E-state index in [-0.39, 0.29) is 0 Å². The molecule has 0 aromatic heterocycles. The second-order valence-corrected chi connectivity index (χ2v) is 4.31. The molecule has 2 heteroatoms. The van der Waals surface area contributed by atoms with Gasteiger partial charge in [-0.15, -0.1) is 0 Å². The molecular weight excluding hydrogens is 186 g/mol. The van der Waals surface area contributed by atoms with Crippen molar-refractivity contribution >= 4 is 0 Å². The summed E-state index contributed by atoms with van der Waals surface area (Å²) < 4.78 is 5.83. The Balaban J connectivity index is 1.89. The van der Waals surface area contributed by atoms with Crippen molar-refractivity contribution in [1.29, 1.82) is 0 Å². The Morgan fingerprint density at radius 2 is 2.13 bits per heavy atom. The number of hydrogen-bond donors (Lipinski definition) is 1. The molecule has 2 rings (SSSR count). The van der Waals surface area contributed by atoms with Crippen molar-refractivity contribution in [2.45, 2.75) is 25.8 Å². The molecule has 0 amide bonds. The molecule has 1 aliphatic carbocycles. The lowest BCUT2D eigenvalue weighted by molar-refractivity contribution is 0.255. The van der Waals surface area contributed by atoms with Gasteiger partial charge in [-0.05, 0) is 44.4 Å². The third kappa shape index (κ3) is 2.72. The zero-order chi connectivity index (χ0) is 10.7. The van der Waals surface area contributed by atoms with Gasteiger partial charge in [0.1, 0.15) is 12.4 Å². The fraction of sp³-hybridized carbons (Fsp3) is 0.538. The van der Waals surface area contributed by atoms with Crippen LogP contribution in [0.1, 0.15) is 18.4 Å². The van der Waals surface area contributed by atoms with Gasteiger partial charge >= 0.3 is 0 Å². The zero-order valence-corrected chi connectivity index (χ0v) is 9.49. The van der Waals surface area contributed by atoms with Gasteiger partial charge in [0.25, 0.3) is 0 Å². The Labute approximate surface area is 91.6 Å². The van der Waals surface area contributed by atoms with Crippen molar-refractivity contribution in [3.05, 3.63) is 29.8 Å². The number of rotatable bonds is 5. The van der Waals surface area contributed by atoms with Crippen LogP contribution in [0.25, 0.3) is 0 Å². The fourth-order valence-corrected chi connectivity index (χ4v) is 1.85. The van der Waals surface area contributed by atoms with Crippen LogP contribution < -0.4 is 10.1 Å². The lowest BCUT2D eigenvalue weighted by atomic mass is 10.2. The third-order valence-corrected chi connectivity index (χ3v) is 3.07. The maximum atomic E-state index is 5.83. The monoisotopic (exact) mass is 205 g/mol. The van der Waals surface area contributed by atoms with Crippen molar-refractivity contribution in [3.63, 3.8) is 0 Å². The average molecular weight is 205 g/mol. The van der Waals surface area contributed by atoms with E-state index >= 15 is 0 Å². The van der Waals surface area contributed by atoms with E-state index in [0.29, 0.717) is 6.04 Å². The number of nitrogens with one attached hydrogen (secondary N) is 1. The SMILES string of the molecule is CNC(COc1ccccc1C)C1CC1. The second-order valence-electron chi connectivity index (χ2n) is 4.31. The van der Waals surface area contributed by atoms with E-state index in [9.17, 15) is 0 Å². The van der Waals surface area contributed by atoms with Crippen molar-refractivity contribution in [1.82, 2.24) is 5.32 Å². The number of benzene rings is 1. The summed E-state index contributed by atoms with van der Waals surface area (Å²) in [4.78, 5) is 0. The summed E-state index contributed by atoms with van der Waals surface area (Å²) in [5.74, 6) is 1.84. The second kappa shape index (κ2) is 4.67. The fourth-order valence-electron chi connectivity index (χ4n) is 1.85. The molecule has 0 heterocycles. The number of likely N-dealkylation sites (N-methyl/N-ethyl adjacent to an activating group) is 1. The Morgan fingerprint density at radius 3 is 2.73 bits per heavy atom. The first-order chi connectivity index (χ1) is 7.31. The Bertz CT molecular complexity index is 320. The van der Waals surface area contributed by atoms with Crippen LogP contribution in [0.15, 0.2) is 24.3 Å². The smallest absolute Gasteiger partial charge is 0.122 e. The first kappa shape index (κ1) is 10.5. The standard InChI is InChI=1S/C13H19NO/c1-10-5-3-4-6-13(10)15-9-12(14-2)11-7-8-11/h3-6,11-12,14H,7-9H2,1-2H3. The van der Waals surface area contributed by atoms with Gasteiger partial charge in [0, 0.05) is 6.04 Å². The van der Waals surface area contributed by atoms with Crippen LogP contribution >= 0.6 is 0 Å². The van der Waals surface area contributed by atoms with E-state index in [4.69, 9.17) is 4.74 Å². The molecule has 15 heavy (non-hydrogen) atoms. The van der Waals surface area contributed by atoms with Crippen LogP contribution in [0.5, 0.6) is 5.75 Å². The first-order valence-corrected chi connectivity index (χ1v) is 5.67. The number of aryl methyl sites for hydroxylation is 1. The van der Waals surface area contributed by atoms with Crippen LogP contribution in [0, 0.1) is 12.8 Å². The molecule has 0 spiro atoms. The first-order valence-electron chi connectivity index (χ1n) is 5.67. The Hall–Kier alpha value is -1.02. The number of para-hydroxylation sites is 1. The minimum Gasteiger partial charge on any atom is -0.492 e. The van der Waals surface area contributed by atoms with Gasteiger partial charge in [-0.25, -0.2) is 0 Å². The number of ether oxygens (including phenoxy) is 1. The highest BCUT2D eigenvalue weighted by atomic mass is 16.5. The molecule has 0 saturated heterocycles. The zero-order valence-electron chi connectivity index (χ0n) is 9.49. The van der Waals surface area contributed by atoms with Crippen molar-refractivity contribution in [2.75, 3.05) is 13.7 Å². The molecule has 1 unspecified atom stereocenters. The maximum Gasteiger partial charge on any atom is 0.122 e. The van der Waals surface area contributed by atoms with Crippen molar-refractivity contribution in [2.24, 2.45) is 5.92 Å². The van der Waals surface area contributed by atoms with Crippen molar-refractivity contribution < 1.29 is 4.74 Å². The molecule has 1 saturated carbocycles. The summed E-state index contributed by atoms with van der Waals surface area (Å²) in [5, 5.41) is 3.33. The molecule has 2 nitrogen and oxygen atoms in total. The van der Waals surface area contributed by atoms with E-state index in [1.165, 1.54) is 18.4 Å². The Morgan fingerprint density at radius 1 is 1.40 bits per heavy atom. The predicted octanol–water partition coefficient (Wildman–Crippen LogP) is 2.37. The van der Waals surface area contributed by atoms with Gasteiger partial charge in [0.05, 0.1) is 0 Å². The molecule has 1 aromatic rings. The van der Waals surface area contributed by atoms with Crippen LogP contribution in [-0.2, 0) is 0 Å². The van der Waals surface area contributed by atoms with E-state index in [0.717, 1.165) is 18.3 Å². The highest BCUT2D eigenvalue weighted by Crippen LogP contribution is 2.32. The lowest BCUT2D eigenvalue weighted by Crippen LogP contribution is -2.33. The highest BCUT2D eigenvalue weighted by molar-refractivity contribution is 5.31. The number of hydrogen-bond acceptors (Lipinski definition) is 2. The molecule has 1 N–H and O–H groups in total. The van der Waals surface area contributed by atoms with Gasteiger partial charge in [0.2, 0.25) is 0 Å². The summed E-state index contributed by atoms with van der Waals surface area (Å²) in [5.41, 5.74) is 1.21. The van der Waals surface area contributed by atoms with E-state index < -0.39 is 0 Å². The lowest BCUT2D eigenvalue weighted by Gasteiger charge is -2.17. The summed E-state index contributed by atoms with van der Waals surface area (Å²) in [7, 11) is 2.02. The van der Waals surface area contributed by atoms with Gasteiger partial charge in [-0.3, -0.25) is 0 Å². The molecule has 1 aliphatic rings. The largest absolute Gasteiger partial charge is 0.492 e. The molecule has 0 bridgehead atoms. The van der Waals surface area contributed by atoms with Crippen LogP contribution in [0.2, 0.25) is 0 Å². The van der Waals surface area contributed by atoms with Gasteiger partial charge in [-0.2, -0.15) is 0 Å². The van der Waals surface area contributed by atoms with E-state index in [1.807, 2.05) is 25.2 Å². The summed E-state index contributed by atoms with van der Waals surface area (Å²) >= 11 is 0. The minimum atomic E-state index is 0.518. The molecule has 0 aliphatic heterocycles. The predicted molar refractivity (Wildman–Crippen MR) is 62.2 cm³/mol. The Kier molecular flexibility index (Phi) is 3.27. The molecule has 82 valence electrons. The summed E-state index contributed by atoms with van der Waals surface area (Å²) in [6.07, 6.45) is 2.70. The van der Waals surface area contributed by atoms with Gasteiger partial charge in [0.15, 0.2) is 0 Å². The normalized spacial score (nSPS) is 17.5. The highest BCUT2D eigenvalue weighted by Gasteiger charge is 2.30. The van der Waals surface area contributed by atoms with Gasteiger partial charge < -0.3 is 10.1 Å². The van der Waals surface area contributed by atoms with Gasteiger partial charge in [-0.1, -0.05) is 18.2 Å². The van der Waals surface area contributed by atoms with Crippen molar-refractivity contribution in [3.8, 4) is 5.75 Å². The summed E-state index contributed by atoms with van der Waals surface area (Å²) in [6, 6.07) is 8.70. The molecule has 1 fully saturated rings. The summed E-state index contributed by atoms with van der Waals surface area (Å²) in [6.45, 7) is 2.87. The molecule has 1 atom stereocenters. The van der Waals surface area contributed by atoms with E-state index in [1.54, 1.807) is 0 Å². The average Bonchev–Trinajstić information content (AvgIpc) is 3.06. The van der Waals surface area contributed by atoms with Crippen LogP contribution in [0.4, 0.5) is 0 Å². The van der Waals surface area contributed by atoms with Crippen LogP contribution in [-0.4, -0.2) is 19.7 Å². The quantitative estimate of drug-likeness (QED) is 0.797. The minimum absolute atomic E-state index is 0.518. The topological polar surface area (TPSA) is 21.3 Å². The third-order valence-electron chi connectivity index (χ3n) is 3.07. The van der Waals surface area contributed by atoms with E-state index in [2.05, 4.69) is 18.3 Å². The van der Waals surface area contributed by atoms with Crippen LogP contribution in [0.3, 0.4) is 0 Å².